The van der Waals surface area contributed by atoms with Gasteiger partial charge in [0.2, 0.25) is 11.2 Å². The van der Waals surface area contributed by atoms with Crippen molar-refractivity contribution in [2.24, 2.45) is 0 Å². The number of nitrogens with two attached hydrogens (primary N) is 1. The number of aromatic nitrogens is 1. The number of benzene rings is 2. The highest BCUT2D eigenvalue weighted by atomic mass is 35.5. The van der Waals surface area contributed by atoms with Gasteiger partial charge in [0.25, 0.3) is 0 Å². The Balaban J connectivity index is 0.00000161. The summed E-state index contributed by atoms with van der Waals surface area (Å²) in [7, 11) is 0. The van der Waals surface area contributed by atoms with Crippen molar-refractivity contribution in [1.29, 1.82) is 0 Å². The zero-order valence-corrected chi connectivity index (χ0v) is 13.3. The summed E-state index contributed by atoms with van der Waals surface area (Å²) in [6.07, 6.45) is 0. The van der Waals surface area contributed by atoms with Crippen molar-refractivity contribution in [2.75, 3.05) is 5.73 Å². The minimum atomic E-state index is 0. The van der Waals surface area contributed by atoms with Gasteiger partial charge in [0.1, 0.15) is 0 Å². The van der Waals surface area contributed by atoms with Crippen molar-refractivity contribution in [3.05, 3.63) is 59.2 Å². The number of pyridine rings is 1. The SMILES string of the molecule is Cc1ccc(N)c(-c2cc(C)c3cc(C)ccc3[nH+]2)c1.Cl. The van der Waals surface area contributed by atoms with E-state index in [1.807, 2.05) is 12.1 Å². The number of aryl methyl sites for hydroxylation is 3. The fourth-order valence-electron chi connectivity index (χ4n) is 2.62. The molecule has 1 heterocycles. The van der Waals surface area contributed by atoms with Crippen LogP contribution < -0.4 is 10.7 Å². The highest BCUT2D eigenvalue weighted by Crippen LogP contribution is 2.26. The second-order valence-corrected chi connectivity index (χ2v) is 5.51. The average molecular weight is 300 g/mol. The van der Waals surface area contributed by atoms with E-state index in [9.17, 15) is 0 Å². The molecule has 0 amide bonds. The quantitative estimate of drug-likeness (QED) is 0.670. The summed E-state index contributed by atoms with van der Waals surface area (Å²) >= 11 is 0. The summed E-state index contributed by atoms with van der Waals surface area (Å²) in [6, 6.07) is 14.8. The van der Waals surface area contributed by atoms with E-state index in [-0.39, 0.29) is 12.4 Å². The van der Waals surface area contributed by atoms with Crippen molar-refractivity contribution in [3.63, 3.8) is 0 Å². The highest BCUT2D eigenvalue weighted by Gasteiger charge is 2.13. The average Bonchev–Trinajstić information content (AvgIpc) is 2.42. The zero-order valence-electron chi connectivity index (χ0n) is 12.5. The van der Waals surface area contributed by atoms with E-state index in [1.165, 1.54) is 22.1 Å². The predicted molar refractivity (Wildman–Crippen MR) is 91.8 cm³/mol. The van der Waals surface area contributed by atoms with Gasteiger partial charge in [0.15, 0.2) is 0 Å². The minimum Gasteiger partial charge on any atom is -0.398 e. The second kappa shape index (κ2) is 5.74. The van der Waals surface area contributed by atoms with E-state index in [0.29, 0.717) is 0 Å². The Labute approximate surface area is 131 Å². The lowest BCUT2D eigenvalue weighted by molar-refractivity contribution is -0.331. The highest BCUT2D eigenvalue weighted by molar-refractivity contribution is 5.85. The van der Waals surface area contributed by atoms with Crippen molar-refractivity contribution in [1.82, 2.24) is 0 Å². The first kappa shape index (κ1) is 15.3. The standard InChI is InChI=1S/C18H18N2.ClH/c1-11-4-6-16(19)15(9-11)18-10-13(3)14-8-12(2)5-7-17(14)20-18;/h4-10H,19H2,1-3H3;1H/p+1. The van der Waals surface area contributed by atoms with Gasteiger partial charge in [-0.3, -0.25) is 0 Å². The summed E-state index contributed by atoms with van der Waals surface area (Å²) in [5, 5.41) is 1.26. The Morgan fingerprint density at radius 2 is 1.52 bits per heavy atom. The third-order valence-electron chi connectivity index (χ3n) is 3.73. The van der Waals surface area contributed by atoms with Crippen LogP contribution in [-0.2, 0) is 0 Å². The first-order chi connectivity index (χ1) is 9.54. The third kappa shape index (κ3) is 2.86. The van der Waals surface area contributed by atoms with Crippen LogP contribution in [0.1, 0.15) is 16.7 Å². The van der Waals surface area contributed by atoms with Gasteiger partial charge in [-0.25, -0.2) is 4.98 Å². The predicted octanol–water partition coefficient (Wildman–Crippen LogP) is 4.25. The molecule has 3 heteroatoms. The number of rotatable bonds is 1. The Hall–Kier alpha value is -2.06. The van der Waals surface area contributed by atoms with Crippen LogP contribution in [0.4, 0.5) is 5.69 Å². The first-order valence-electron chi connectivity index (χ1n) is 6.84. The zero-order chi connectivity index (χ0) is 14.3. The van der Waals surface area contributed by atoms with Gasteiger partial charge in [-0.05, 0) is 44.5 Å². The molecule has 3 aromatic rings. The molecule has 2 aromatic carbocycles. The summed E-state index contributed by atoms with van der Waals surface area (Å²) in [5.74, 6) is 0. The Morgan fingerprint density at radius 3 is 2.29 bits per heavy atom. The van der Waals surface area contributed by atoms with Crippen molar-refractivity contribution in [2.45, 2.75) is 20.8 Å². The number of hydrogen-bond donors (Lipinski definition) is 1. The van der Waals surface area contributed by atoms with Crippen LogP contribution in [0.25, 0.3) is 22.2 Å². The third-order valence-corrected chi connectivity index (χ3v) is 3.73. The smallest absolute Gasteiger partial charge is 0.213 e. The molecule has 0 saturated carbocycles. The number of aromatic amines is 1. The van der Waals surface area contributed by atoms with Crippen molar-refractivity contribution >= 4 is 29.0 Å². The number of halogens is 1. The molecule has 0 aliphatic carbocycles. The molecule has 0 unspecified atom stereocenters. The molecule has 0 aliphatic heterocycles. The molecule has 21 heavy (non-hydrogen) atoms. The van der Waals surface area contributed by atoms with Gasteiger partial charge >= 0.3 is 0 Å². The molecule has 2 nitrogen and oxygen atoms in total. The maximum absolute atomic E-state index is 6.12. The van der Waals surface area contributed by atoms with Gasteiger partial charge in [0, 0.05) is 23.2 Å². The van der Waals surface area contributed by atoms with E-state index in [4.69, 9.17) is 5.73 Å². The Bertz CT molecular complexity index is 810. The van der Waals surface area contributed by atoms with Crippen LogP contribution in [0.3, 0.4) is 0 Å². The minimum absolute atomic E-state index is 0. The fourth-order valence-corrected chi connectivity index (χ4v) is 2.62. The summed E-state index contributed by atoms with van der Waals surface area (Å²) in [6.45, 7) is 6.34. The van der Waals surface area contributed by atoms with Gasteiger partial charge in [-0.15, -0.1) is 12.4 Å². The van der Waals surface area contributed by atoms with E-state index in [1.54, 1.807) is 0 Å². The van der Waals surface area contributed by atoms with E-state index >= 15 is 0 Å². The Kier molecular flexibility index (Phi) is 4.19. The van der Waals surface area contributed by atoms with E-state index in [0.717, 1.165) is 22.5 Å². The van der Waals surface area contributed by atoms with Crippen LogP contribution in [0.15, 0.2) is 42.5 Å². The molecule has 108 valence electrons. The maximum atomic E-state index is 6.12. The molecule has 0 bridgehead atoms. The number of anilines is 1. The number of nitrogen functional groups attached to an aromatic ring is 1. The van der Waals surface area contributed by atoms with Crippen LogP contribution in [0.2, 0.25) is 0 Å². The van der Waals surface area contributed by atoms with Crippen molar-refractivity contribution in [3.8, 4) is 11.3 Å². The molecule has 0 spiro atoms. The van der Waals surface area contributed by atoms with E-state index in [2.05, 4.69) is 56.1 Å². The maximum Gasteiger partial charge on any atom is 0.213 e. The topological polar surface area (TPSA) is 40.2 Å². The first-order valence-corrected chi connectivity index (χ1v) is 6.84. The number of fused-ring (bicyclic) bond motifs is 1. The molecule has 3 N–H and O–H groups in total. The molecular weight excluding hydrogens is 280 g/mol. The molecule has 0 atom stereocenters. The lowest BCUT2D eigenvalue weighted by Crippen LogP contribution is -2.10. The normalized spacial score (nSPS) is 10.4. The fraction of sp³-hybridized carbons (Fsp3) is 0.167. The molecule has 0 fully saturated rings. The number of nitrogens with one attached hydrogen (secondary N) is 1. The number of H-pyrrole nitrogens is 1. The van der Waals surface area contributed by atoms with Crippen molar-refractivity contribution < 1.29 is 4.98 Å². The monoisotopic (exact) mass is 299 g/mol. The van der Waals surface area contributed by atoms with Gasteiger partial charge < -0.3 is 5.73 Å². The largest absolute Gasteiger partial charge is 0.398 e. The van der Waals surface area contributed by atoms with Crippen LogP contribution in [-0.4, -0.2) is 0 Å². The lowest BCUT2D eigenvalue weighted by Gasteiger charge is -2.06. The summed E-state index contributed by atoms with van der Waals surface area (Å²) < 4.78 is 0. The molecule has 0 aliphatic rings. The van der Waals surface area contributed by atoms with Gasteiger partial charge in [-0.1, -0.05) is 23.3 Å². The number of hydrogen-bond acceptors (Lipinski definition) is 1. The van der Waals surface area contributed by atoms with Crippen LogP contribution >= 0.6 is 12.4 Å². The molecular formula is C18H20ClN2+. The Morgan fingerprint density at radius 1 is 0.857 bits per heavy atom. The van der Waals surface area contributed by atoms with Gasteiger partial charge in [-0.2, -0.15) is 0 Å². The summed E-state index contributed by atoms with van der Waals surface area (Å²) in [5.41, 5.74) is 14.0. The van der Waals surface area contributed by atoms with E-state index < -0.39 is 0 Å². The lowest BCUT2D eigenvalue weighted by atomic mass is 10.0. The van der Waals surface area contributed by atoms with Crippen LogP contribution in [0.5, 0.6) is 0 Å². The molecule has 1 aromatic heterocycles. The van der Waals surface area contributed by atoms with Crippen LogP contribution in [0, 0.1) is 20.8 Å². The summed E-state index contributed by atoms with van der Waals surface area (Å²) in [4.78, 5) is 3.50. The second-order valence-electron chi connectivity index (χ2n) is 5.51. The molecule has 3 rings (SSSR count). The van der Waals surface area contributed by atoms with Gasteiger partial charge in [0.05, 0.1) is 5.56 Å². The molecule has 0 radical (unpaired) electrons. The molecule has 0 saturated heterocycles.